The SMILES string of the molecule is N=C/C(=C\N)c1ccc2ncc3ccc(=O)n(-c4ccc(F)cc4)c3c2c1. The van der Waals surface area contributed by atoms with Gasteiger partial charge in [-0.1, -0.05) is 6.07 Å². The summed E-state index contributed by atoms with van der Waals surface area (Å²) < 4.78 is 14.9. The number of halogens is 1. The van der Waals surface area contributed by atoms with Gasteiger partial charge in [-0.2, -0.15) is 0 Å². The number of nitrogens with zero attached hydrogens (tertiary/aromatic N) is 2. The normalized spacial score (nSPS) is 11.8. The predicted molar refractivity (Wildman–Crippen MR) is 106 cm³/mol. The van der Waals surface area contributed by atoms with Gasteiger partial charge < -0.3 is 11.1 Å². The summed E-state index contributed by atoms with van der Waals surface area (Å²) in [6.07, 6.45) is 4.24. The Morgan fingerprint density at radius 1 is 1.11 bits per heavy atom. The minimum absolute atomic E-state index is 0.228. The largest absolute Gasteiger partial charge is 0.404 e. The van der Waals surface area contributed by atoms with Crippen LogP contribution in [0.5, 0.6) is 0 Å². The summed E-state index contributed by atoms with van der Waals surface area (Å²) in [5, 5.41) is 9.04. The molecule has 0 amide bonds. The summed E-state index contributed by atoms with van der Waals surface area (Å²) in [6.45, 7) is 0. The number of hydrogen-bond acceptors (Lipinski definition) is 4. The van der Waals surface area contributed by atoms with E-state index < -0.39 is 0 Å². The first-order valence-electron chi connectivity index (χ1n) is 8.25. The molecule has 132 valence electrons. The maximum absolute atomic E-state index is 13.4. The van der Waals surface area contributed by atoms with E-state index in [9.17, 15) is 9.18 Å². The van der Waals surface area contributed by atoms with E-state index in [1.54, 1.807) is 29.0 Å². The summed E-state index contributed by atoms with van der Waals surface area (Å²) in [4.78, 5) is 17.1. The van der Waals surface area contributed by atoms with Crippen molar-refractivity contribution in [3.05, 3.63) is 88.7 Å². The smallest absolute Gasteiger partial charge is 0.255 e. The molecule has 6 heteroatoms. The minimum Gasteiger partial charge on any atom is -0.404 e. The maximum Gasteiger partial charge on any atom is 0.255 e. The zero-order valence-corrected chi connectivity index (χ0v) is 14.2. The van der Waals surface area contributed by atoms with Gasteiger partial charge in [0.2, 0.25) is 0 Å². The van der Waals surface area contributed by atoms with E-state index in [0.717, 1.165) is 16.3 Å². The summed E-state index contributed by atoms with van der Waals surface area (Å²) in [6, 6.07) is 14.5. The van der Waals surface area contributed by atoms with Gasteiger partial charge in [0.25, 0.3) is 5.56 Å². The van der Waals surface area contributed by atoms with Gasteiger partial charge in [0.15, 0.2) is 0 Å². The molecule has 4 aromatic rings. The van der Waals surface area contributed by atoms with Gasteiger partial charge in [-0.3, -0.25) is 14.3 Å². The van der Waals surface area contributed by atoms with Crippen LogP contribution in [0.2, 0.25) is 0 Å². The van der Waals surface area contributed by atoms with Crippen molar-refractivity contribution in [1.29, 1.82) is 5.41 Å². The van der Waals surface area contributed by atoms with Crippen LogP contribution in [0.3, 0.4) is 0 Å². The summed E-state index contributed by atoms with van der Waals surface area (Å²) >= 11 is 0. The molecule has 3 N–H and O–H groups in total. The maximum atomic E-state index is 13.4. The van der Waals surface area contributed by atoms with Crippen LogP contribution in [0.4, 0.5) is 4.39 Å². The quantitative estimate of drug-likeness (QED) is 0.433. The lowest BCUT2D eigenvalue weighted by molar-refractivity contribution is 0.627. The Balaban J connectivity index is 2.15. The molecule has 0 bridgehead atoms. The first-order valence-corrected chi connectivity index (χ1v) is 8.25. The molecular formula is C21H15FN4O. The third-order valence-corrected chi connectivity index (χ3v) is 4.47. The molecule has 5 nitrogen and oxygen atoms in total. The Hall–Kier alpha value is -3.80. The van der Waals surface area contributed by atoms with Gasteiger partial charge in [0.1, 0.15) is 5.82 Å². The zero-order chi connectivity index (χ0) is 19.0. The second-order valence-electron chi connectivity index (χ2n) is 6.04. The summed E-state index contributed by atoms with van der Waals surface area (Å²) in [5.41, 5.74) is 8.62. The topological polar surface area (TPSA) is 84.8 Å². The van der Waals surface area contributed by atoms with Crippen LogP contribution < -0.4 is 11.3 Å². The zero-order valence-electron chi connectivity index (χ0n) is 14.2. The molecule has 0 aliphatic rings. The first kappa shape index (κ1) is 16.7. The molecule has 2 aromatic heterocycles. The van der Waals surface area contributed by atoms with Gasteiger partial charge in [-0.25, -0.2) is 4.39 Å². The van der Waals surface area contributed by atoms with Crippen LogP contribution in [0.25, 0.3) is 33.1 Å². The van der Waals surface area contributed by atoms with Crippen LogP contribution in [0, 0.1) is 11.2 Å². The number of nitrogens with two attached hydrogens (primary N) is 1. The number of allylic oxidation sites excluding steroid dienone is 1. The molecule has 0 atom stereocenters. The molecule has 0 fully saturated rings. The number of rotatable bonds is 3. The highest BCUT2D eigenvalue weighted by atomic mass is 19.1. The summed E-state index contributed by atoms with van der Waals surface area (Å²) in [5.74, 6) is -0.371. The highest BCUT2D eigenvalue weighted by Gasteiger charge is 2.11. The number of aromatic nitrogens is 2. The second-order valence-corrected chi connectivity index (χ2v) is 6.04. The number of fused-ring (bicyclic) bond motifs is 3. The van der Waals surface area contributed by atoms with Gasteiger partial charge in [0.05, 0.1) is 11.0 Å². The van der Waals surface area contributed by atoms with Crippen LogP contribution >= 0.6 is 0 Å². The van der Waals surface area contributed by atoms with Crippen molar-refractivity contribution in [3.8, 4) is 5.69 Å². The lowest BCUT2D eigenvalue weighted by atomic mass is 10.0. The summed E-state index contributed by atoms with van der Waals surface area (Å²) in [7, 11) is 0. The van der Waals surface area contributed by atoms with E-state index in [4.69, 9.17) is 11.1 Å². The fourth-order valence-corrected chi connectivity index (χ4v) is 3.17. The first-order chi connectivity index (χ1) is 13.1. The Bertz CT molecular complexity index is 1270. The Kier molecular flexibility index (Phi) is 4.01. The number of benzene rings is 2. The van der Waals surface area contributed by atoms with Gasteiger partial charge in [0, 0.05) is 46.7 Å². The highest BCUT2D eigenvalue weighted by molar-refractivity contribution is 6.11. The number of pyridine rings is 2. The molecule has 0 saturated heterocycles. The Morgan fingerprint density at radius 3 is 2.59 bits per heavy atom. The van der Waals surface area contributed by atoms with E-state index in [2.05, 4.69) is 4.98 Å². The van der Waals surface area contributed by atoms with E-state index in [1.807, 2.05) is 18.2 Å². The molecule has 0 saturated carbocycles. The molecule has 0 unspecified atom stereocenters. The van der Waals surface area contributed by atoms with Crippen molar-refractivity contribution in [1.82, 2.24) is 9.55 Å². The lowest BCUT2D eigenvalue weighted by Gasteiger charge is -2.13. The van der Waals surface area contributed by atoms with Crippen molar-refractivity contribution < 1.29 is 4.39 Å². The molecule has 0 radical (unpaired) electrons. The predicted octanol–water partition coefficient (Wildman–Crippen LogP) is 3.63. The minimum atomic E-state index is -0.371. The van der Waals surface area contributed by atoms with E-state index in [-0.39, 0.29) is 11.4 Å². The van der Waals surface area contributed by atoms with Gasteiger partial charge in [-0.15, -0.1) is 0 Å². The molecule has 0 spiro atoms. The third-order valence-electron chi connectivity index (χ3n) is 4.47. The third kappa shape index (κ3) is 2.77. The average molecular weight is 358 g/mol. The van der Waals surface area contributed by atoms with Crippen LogP contribution in [0.1, 0.15) is 5.56 Å². The van der Waals surface area contributed by atoms with Gasteiger partial charge in [-0.05, 0) is 48.0 Å². The standard InChI is InChI=1S/C21H15FN4O/c22-16-3-5-17(6-4-16)26-20(27)8-2-14-12-25-19-7-1-13(15(10-23)11-24)9-18(19)21(14)26/h1-12,23H,24H2/b15-11+,23-10?. The van der Waals surface area contributed by atoms with E-state index in [0.29, 0.717) is 22.3 Å². The van der Waals surface area contributed by atoms with Crippen molar-refractivity contribution in [2.75, 3.05) is 0 Å². The lowest BCUT2D eigenvalue weighted by Crippen LogP contribution is -2.17. The van der Waals surface area contributed by atoms with Crippen molar-refractivity contribution in [3.63, 3.8) is 0 Å². The van der Waals surface area contributed by atoms with Crippen LogP contribution in [0.15, 0.2) is 71.8 Å². The van der Waals surface area contributed by atoms with E-state index in [1.165, 1.54) is 30.6 Å². The molecule has 0 aliphatic carbocycles. The van der Waals surface area contributed by atoms with Crippen molar-refractivity contribution >= 4 is 33.6 Å². The second kappa shape index (κ2) is 6.49. The molecule has 4 rings (SSSR count). The van der Waals surface area contributed by atoms with Gasteiger partial charge >= 0.3 is 0 Å². The number of nitrogens with one attached hydrogen (secondary N) is 1. The molecule has 2 heterocycles. The van der Waals surface area contributed by atoms with Crippen molar-refractivity contribution in [2.24, 2.45) is 5.73 Å². The molecule has 0 aliphatic heterocycles. The highest BCUT2D eigenvalue weighted by Crippen LogP contribution is 2.27. The average Bonchev–Trinajstić information content (AvgIpc) is 2.69. The fraction of sp³-hybridized carbons (Fsp3) is 0. The molecular weight excluding hydrogens is 343 g/mol. The molecule has 27 heavy (non-hydrogen) atoms. The monoisotopic (exact) mass is 358 g/mol. The van der Waals surface area contributed by atoms with Crippen LogP contribution in [-0.2, 0) is 0 Å². The Morgan fingerprint density at radius 2 is 1.89 bits per heavy atom. The van der Waals surface area contributed by atoms with E-state index >= 15 is 0 Å². The Labute approximate surface area is 153 Å². The van der Waals surface area contributed by atoms with Crippen LogP contribution in [-0.4, -0.2) is 15.8 Å². The molecule has 2 aromatic carbocycles. The van der Waals surface area contributed by atoms with Crippen molar-refractivity contribution in [2.45, 2.75) is 0 Å². The number of hydrogen-bond donors (Lipinski definition) is 2. The fourth-order valence-electron chi connectivity index (χ4n) is 3.17.